The molecule has 0 saturated carbocycles. The van der Waals surface area contributed by atoms with Crippen molar-refractivity contribution < 1.29 is 0 Å². The van der Waals surface area contributed by atoms with E-state index in [-0.39, 0.29) is 0 Å². The summed E-state index contributed by atoms with van der Waals surface area (Å²) in [5, 5.41) is 3.30. The molecule has 0 aromatic carbocycles. The number of nitrogens with one attached hydrogen (secondary N) is 1. The van der Waals surface area contributed by atoms with Gasteiger partial charge in [0.2, 0.25) is 0 Å². The molecule has 72 valence electrons. The topological polar surface area (TPSA) is 12.0 Å². The van der Waals surface area contributed by atoms with Gasteiger partial charge in [0, 0.05) is 23.5 Å². The first-order valence-electron chi connectivity index (χ1n) is 3.93. The molecule has 1 N–H and O–H groups in total. The first-order chi connectivity index (χ1) is 6.22. The smallest absolute Gasteiger partial charge is 0.0701 e. The third-order valence-electron chi connectivity index (χ3n) is 1.52. The highest BCUT2D eigenvalue weighted by Crippen LogP contribution is 2.21. The fraction of sp³-hybridized carbons (Fsp3) is 0.333. The molecule has 1 aromatic heterocycles. The third kappa shape index (κ3) is 4.27. The Balaban J connectivity index is 2.28. The third-order valence-corrected chi connectivity index (χ3v) is 3.51. The van der Waals surface area contributed by atoms with Crippen LogP contribution in [0.2, 0.25) is 0 Å². The predicted molar refractivity (Wildman–Crippen MR) is 63.3 cm³/mol. The van der Waals surface area contributed by atoms with Crippen molar-refractivity contribution in [2.24, 2.45) is 0 Å². The maximum absolute atomic E-state index is 5.53. The SMILES string of the molecule is C/C(=C/Cl)CNCc1ccc(Br)s1. The molecule has 1 aromatic rings. The minimum atomic E-state index is 0.846. The second-order valence-corrected chi connectivity index (χ2v) is 5.53. The Morgan fingerprint density at radius 3 is 3.00 bits per heavy atom. The van der Waals surface area contributed by atoms with E-state index in [2.05, 4.69) is 33.4 Å². The summed E-state index contributed by atoms with van der Waals surface area (Å²) < 4.78 is 1.17. The standard InChI is InChI=1S/C9H11BrClNS/c1-7(4-11)5-12-6-8-2-3-9(10)13-8/h2-4,12H,5-6H2,1H3/b7-4-. The highest BCUT2D eigenvalue weighted by atomic mass is 79.9. The quantitative estimate of drug-likeness (QED) is 0.886. The van der Waals surface area contributed by atoms with Crippen LogP contribution >= 0.6 is 38.9 Å². The molecule has 0 amide bonds. The van der Waals surface area contributed by atoms with Crippen LogP contribution in [-0.2, 0) is 6.54 Å². The molecule has 0 radical (unpaired) electrons. The van der Waals surface area contributed by atoms with Crippen LogP contribution in [-0.4, -0.2) is 6.54 Å². The molecule has 0 bridgehead atoms. The average molecular weight is 281 g/mol. The number of rotatable bonds is 4. The summed E-state index contributed by atoms with van der Waals surface area (Å²) in [7, 11) is 0. The molecule has 0 aliphatic carbocycles. The first kappa shape index (κ1) is 11.2. The van der Waals surface area contributed by atoms with Crippen molar-refractivity contribution in [3.8, 4) is 0 Å². The highest BCUT2D eigenvalue weighted by Gasteiger charge is 1.96. The Morgan fingerprint density at radius 2 is 2.46 bits per heavy atom. The van der Waals surface area contributed by atoms with Gasteiger partial charge in [-0.2, -0.15) is 0 Å². The lowest BCUT2D eigenvalue weighted by Crippen LogP contribution is -2.14. The number of hydrogen-bond donors (Lipinski definition) is 1. The maximum atomic E-state index is 5.53. The van der Waals surface area contributed by atoms with Crippen LogP contribution in [0, 0.1) is 0 Å². The van der Waals surface area contributed by atoms with Crippen LogP contribution in [0.25, 0.3) is 0 Å². The lowest BCUT2D eigenvalue weighted by molar-refractivity contribution is 0.749. The van der Waals surface area contributed by atoms with Crippen molar-refractivity contribution in [1.29, 1.82) is 0 Å². The Hall–Kier alpha value is 0.170. The predicted octanol–water partition coefficient (Wildman–Crippen LogP) is 3.74. The largest absolute Gasteiger partial charge is 0.308 e. The summed E-state index contributed by atoms with van der Waals surface area (Å²) in [5.41, 5.74) is 2.76. The molecule has 0 aliphatic heterocycles. The van der Waals surface area contributed by atoms with Gasteiger partial charge in [0.15, 0.2) is 0 Å². The molecule has 1 nitrogen and oxygen atoms in total. The molecular weight excluding hydrogens is 270 g/mol. The second kappa shape index (κ2) is 5.81. The van der Waals surface area contributed by atoms with Gasteiger partial charge in [-0.1, -0.05) is 11.6 Å². The lowest BCUT2D eigenvalue weighted by Gasteiger charge is -2.01. The van der Waals surface area contributed by atoms with E-state index in [1.807, 2.05) is 6.92 Å². The van der Waals surface area contributed by atoms with Crippen LogP contribution in [0.15, 0.2) is 27.0 Å². The van der Waals surface area contributed by atoms with Crippen molar-refractivity contribution in [2.75, 3.05) is 6.54 Å². The molecule has 13 heavy (non-hydrogen) atoms. The summed E-state index contributed by atoms with van der Waals surface area (Å²) in [6.45, 7) is 3.75. The van der Waals surface area contributed by atoms with Gasteiger partial charge in [-0.05, 0) is 40.6 Å². The maximum Gasteiger partial charge on any atom is 0.0701 e. The van der Waals surface area contributed by atoms with Crippen LogP contribution in [0.1, 0.15) is 11.8 Å². The van der Waals surface area contributed by atoms with Gasteiger partial charge in [-0.3, -0.25) is 0 Å². The molecule has 0 atom stereocenters. The Kier molecular flexibility index (Phi) is 5.02. The molecule has 0 unspecified atom stereocenters. The zero-order valence-corrected chi connectivity index (χ0v) is 10.5. The van der Waals surface area contributed by atoms with Crippen molar-refractivity contribution >= 4 is 38.9 Å². The molecule has 1 heterocycles. The molecule has 4 heteroatoms. The van der Waals surface area contributed by atoms with E-state index in [0.717, 1.165) is 18.7 Å². The molecule has 0 aliphatic rings. The molecule has 0 saturated heterocycles. The summed E-state index contributed by atoms with van der Waals surface area (Å²) in [6, 6.07) is 4.17. The van der Waals surface area contributed by atoms with Gasteiger partial charge in [-0.15, -0.1) is 11.3 Å². The van der Waals surface area contributed by atoms with Crippen LogP contribution in [0.3, 0.4) is 0 Å². The van der Waals surface area contributed by atoms with E-state index < -0.39 is 0 Å². The van der Waals surface area contributed by atoms with Crippen LogP contribution in [0.4, 0.5) is 0 Å². The summed E-state index contributed by atoms with van der Waals surface area (Å²) in [4.78, 5) is 1.33. The van der Waals surface area contributed by atoms with Crippen LogP contribution in [0.5, 0.6) is 0 Å². The first-order valence-corrected chi connectivity index (χ1v) is 5.97. The van der Waals surface area contributed by atoms with Gasteiger partial charge in [-0.25, -0.2) is 0 Å². The zero-order chi connectivity index (χ0) is 9.68. The Labute approximate surface area is 95.9 Å². The van der Waals surface area contributed by atoms with E-state index >= 15 is 0 Å². The van der Waals surface area contributed by atoms with Gasteiger partial charge < -0.3 is 5.32 Å². The van der Waals surface area contributed by atoms with Crippen molar-refractivity contribution in [1.82, 2.24) is 5.32 Å². The van der Waals surface area contributed by atoms with Gasteiger partial charge in [0.1, 0.15) is 0 Å². The van der Waals surface area contributed by atoms with Gasteiger partial charge >= 0.3 is 0 Å². The van der Waals surface area contributed by atoms with E-state index in [0.29, 0.717) is 0 Å². The lowest BCUT2D eigenvalue weighted by atomic mass is 10.3. The minimum Gasteiger partial charge on any atom is -0.308 e. The molecule has 1 rings (SSSR count). The second-order valence-electron chi connectivity index (χ2n) is 2.76. The van der Waals surface area contributed by atoms with E-state index in [4.69, 9.17) is 11.6 Å². The highest BCUT2D eigenvalue weighted by molar-refractivity contribution is 9.11. The Bertz CT molecular complexity index is 296. The summed E-state index contributed by atoms with van der Waals surface area (Å²) >= 11 is 10.7. The zero-order valence-electron chi connectivity index (χ0n) is 7.31. The average Bonchev–Trinajstić information content (AvgIpc) is 2.51. The molecule has 0 spiro atoms. The fourth-order valence-corrected chi connectivity index (χ4v) is 2.40. The summed E-state index contributed by atoms with van der Waals surface area (Å²) in [5.74, 6) is 0. The van der Waals surface area contributed by atoms with Gasteiger partial charge in [0.25, 0.3) is 0 Å². The van der Waals surface area contributed by atoms with Crippen molar-refractivity contribution in [3.05, 3.63) is 31.9 Å². The van der Waals surface area contributed by atoms with Crippen molar-refractivity contribution in [2.45, 2.75) is 13.5 Å². The van der Waals surface area contributed by atoms with E-state index in [1.54, 1.807) is 16.9 Å². The van der Waals surface area contributed by atoms with Gasteiger partial charge in [0.05, 0.1) is 3.79 Å². The number of hydrogen-bond acceptors (Lipinski definition) is 2. The monoisotopic (exact) mass is 279 g/mol. The van der Waals surface area contributed by atoms with Crippen LogP contribution < -0.4 is 5.32 Å². The molecular formula is C9H11BrClNS. The molecule has 0 fully saturated rings. The van der Waals surface area contributed by atoms with E-state index in [1.165, 1.54) is 8.66 Å². The number of halogens is 2. The fourth-order valence-electron chi connectivity index (χ4n) is 0.868. The number of thiophene rings is 1. The van der Waals surface area contributed by atoms with Crippen molar-refractivity contribution in [3.63, 3.8) is 0 Å². The normalized spacial score (nSPS) is 12.1. The minimum absolute atomic E-state index is 0.846. The van der Waals surface area contributed by atoms with E-state index in [9.17, 15) is 0 Å². The summed E-state index contributed by atoms with van der Waals surface area (Å²) in [6.07, 6.45) is 0. The Morgan fingerprint density at radius 1 is 1.69 bits per heavy atom.